The Labute approximate surface area is 165 Å². The standard InChI is InChI=1S/C23H23N3O2/c1-3-26(16-18-7-5-4-6-8-18)22-15-20(13-14-24-22)23(28)25-21-11-9-19(10-12-21)17(2)27/h4-15H,3,16H2,1-2H3,(H,25,28). The molecule has 0 saturated heterocycles. The Kier molecular flexibility index (Phi) is 6.17. The second kappa shape index (κ2) is 8.95. The first kappa shape index (κ1) is 19.3. The van der Waals surface area contributed by atoms with Gasteiger partial charge < -0.3 is 10.2 Å². The van der Waals surface area contributed by atoms with Crippen LogP contribution in [0.25, 0.3) is 0 Å². The molecule has 0 aliphatic heterocycles. The van der Waals surface area contributed by atoms with E-state index in [1.165, 1.54) is 12.5 Å². The zero-order valence-corrected chi connectivity index (χ0v) is 16.1. The normalized spacial score (nSPS) is 10.4. The maximum atomic E-state index is 12.6. The highest BCUT2D eigenvalue weighted by Gasteiger charge is 2.12. The van der Waals surface area contributed by atoms with Crippen molar-refractivity contribution in [3.05, 3.63) is 89.6 Å². The van der Waals surface area contributed by atoms with Crippen LogP contribution in [-0.2, 0) is 6.54 Å². The van der Waals surface area contributed by atoms with E-state index < -0.39 is 0 Å². The molecule has 0 spiro atoms. The Bertz CT molecular complexity index is 953. The summed E-state index contributed by atoms with van der Waals surface area (Å²) in [6.45, 7) is 5.08. The molecule has 0 saturated carbocycles. The third-order valence-corrected chi connectivity index (χ3v) is 4.48. The predicted octanol–water partition coefficient (Wildman–Crippen LogP) is 4.56. The van der Waals surface area contributed by atoms with Crippen LogP contribution in [0.1, 0.15) is 40.1 Å². The van der Waals surface area contributed by atoms with Gasteiger partial charge in [0, 0.05) is 36.1 Å². The van der Waals surface area contributed by atoms with Crippen molar-refractivity contribution < 1.29 is 9.59 Å². The van der Waals surface area contributed by atoms with Gasteiger partial charge in [0.05, 0.1) is 0 Å². The van der Waals surface area contributed by atoms with Crippen molar-refractivity contribution in [1.82, 2.24) is 4.98 Å². The van der Waals surface area contributed by atoms with E-state index in [0.29, 0.717) is 16.8 Å². The van der Waals surface area contributed by atoms with E-state index in [-0.39, 0.29) is 11.7 Å². The molecule has 3 rings (SSSR count). The molecule has 3 aromatic rings. The number of pyridine rings is 1. The fourth-order valence-electron chi connectivity index (χ4n) is 2.88. The second-order valence-electron chi connectivity index (χ2n) is 6.49. The number of ketones is 1. The van der Waals surface area contributed by atoms with E-state index in [1.807, 2.05) is 18.2 Å². The highest BCUT2D eigenvalue weighted by Crippen LogP contribution is 2.17. The number of carbonyl (C=O) groups excluding carboxylic acids is 2. The Balaban J connectivity index is 1.74. The molecule has 5 nitrogen and oxygen atoms in total. The van der Waals surface area contributed by atoms with Crippen LogP contribution in [0.3, 0.4) is 0 Å². The van der Waals surface area contributed by atoms with Crippen molar-refractivity contribution in [1.29, 1.82) is 0 Å². The fraction of sp³-hybridized carbons (Fsp3) is 0.174. The number of benzene rings is 2. The average Bonchev–Trinajstić information content (AvgIpc) is 2.73. The Morgan fingerprint density at radius 3 is 2.32 bits per heavy atom. The summed E-state index contributed by atoms with van der Waals surface area (Å²) < 4.78 is 0. The van der Waals surface area contributed by atoms with Gasteiger partial charge in [-0.25, -0.2) is 4.98 Å². The van der Waals surface area contributed by atoms with Gasteiger partial charge in [-0.15, -0.1) is 0 Å². The molecule has 0 aliphatic rings. The van der Waals surface area contributed by atoms with Crippen molar-refractivity contribution in [2.24, 2.45) is 0 Å². The summed E-state index contributed by atoms with van der Waals surface area (Å²) in [6, 6.07) is 20.5. The van der Waals surface area contributed by atoms with Gasteiger partial charge in [0.2, 0.25) is 0 Å². The van der Waals surface area contributed by atoms with Crippen LogP contribution in [0.15, 0.2) is 72.9 Å². The lowest BCUT2D eigenvalue weighted by atomic mass is 10.1. The average molecular weight is 373 g/mol. The molecule has 0 fully saturated rings. The second-order valence-corrected chi connectivity index (χ2v) is 6.49. The lowest BCUT2D eigenvalue weighted by molar-refractivity contribution is 0.101. The minimum absolute atomic E-state index is 0.00488. The van der Waals surface area contributed by atoms with Crippen molar-refractivity contribution in [3.63, 3.8) is 0 Å². The number of carbonyl (C=O) groups is 2. The van der Waals surface area contributed by atoms with Gasteiger partial charge in [-0.1, -0.05) is 30.3 Å². The van der Waals surface area contributed by atoms with Gasteiger partial charge in [-0.2, -0.15) is 0 Å². The molecule has 28 heavy (non-hydrogen) atoms. The van der Waals surface area contributed by atoms with Gasteiger partial charge in [0.15, 0.2) is 5.78 Å². The molecular weight excluding hydrogens is 350 g/mol. The quantitative estimate of drug-likeness (QED) is 0.617. The van der Waals surface area contributed by atoms with E-state index in [2.05, 4.69) is 34.3 Å². The SMILES string of the molecule is CCN(Cc1ccccc1)c1cc(C(=O)Nc2ccc(C(C)=O)cc2)ccn1. The number of aromatic nitrogens is 1. The van der Waals surface area contributed by atoms with Gasteiger partial charge in [0.1, 0.15) is 5.82 Å². The number of hydrogen-bond donors (Lipinski definition) is 1. The third kappa shape index (κ3) is 4.82. The molecule has 0 bridgehead atoms. The van der Waals surface area contributed by atoms with Crippen LogP contribution < -0.4 is 10.2 Å². The molecule has 2 aromatic carbocycles. The third-order valence-electron chi connectivity index (χ3n) is 4.48. The van der Waals surface area contributed by atoms with Crippen molar-refractivity contribution in [2.45, 2.75) is 20.4 Å². The van der Waals surface area contributed by atoms with Gasteiger partial charge in [-0.3, -0.25) is 9.59 Å². The molecule has 0 unspecified atom stereocenters. The smallest absolute Gasteiger partial charge is 0.255 e. The number of nitrogens with one attached hydrogen (secondary N) is 1. The summed E-state index contributed by atoms with van der Waals surface area (Å²) in [5.74, 6) is 0.538. The zero-order valence-electron chi connectivity index (χ0n) is 16.1. The summed E-state index contributed by atoms with van der Waals surface area (Å²) in [5, 5.41) is 2.86. The van der Waals surface area contributed by atoms with Gasteiger partial charge in [-0.05, 0) is 55.8 Å². The highest BCUT2D eigenvalue weighted by atomic mass is 16.1. The largest absolute Gasteiger partial charge is 0.353 e. The van der Waals surface area contributed by atoms with E-state index in [1.54, 1.807) is 42.6 Å². The van der Waals surface area contributed by atoms with Crippen LogP contribution in [0.4, 0.5) is 11.5 Å². The number of rotatable bonds is 7. The lowest BCUT2D eigenvalue weighted by Gasteiger charge is -2.22. The number of nitrogens with zero attached hydrogens (tertiary/aromatic N) is 2. The first-order valence-corrected chi connectivity index (χ1v) is 9.24. The lowest BCUT2D eigenvalue weighted by Crippen LogP contribution is -2.23. The molecule has 1 aromatic heterocycles. The first-order chi connectivity index (χ1) is 13.6. The molecule has 0 aliphatic carbocycles. The minimum atomic E-state index is -0.213. The van der Waals surface area contributed by atoms with Crippen LogP contribution >= 0.6 is 0 Å². The maximum absolute atomic E-state index is 12.6. The Morgan fingerprint density at radius 1 is 0.964 bits per heavy atom. The van der Waals surface area contributed by atoms with Crippen molar-refractivity contribution >= 4 is 23.2 Å². The molecule has 142 valence electrons. The summed E-state index contributed by atoms with van der Waals surface area (Å²) >= 11 is 0. The number of hydrogen-bond acceptors (Lipinski definition) is 4. The van der Waals surface area contributed by atoms with Crippen LogP contribution in [-0.4, -0.2) is 23.2 Å². The summed E-state index contributed by atoms with van der Waals surface area (Å²) in [7, 11) is 0. The summed E-state index contributed by atoms with van der Waals surface area (Å²) in [6.07, 6.45) is 1.65. The van der Waals surface area contributed by atoms with Crippen LogP contribution in [0.5, 0.6) is 0 Å². The van der Waals surface area contributed by atoms with Gasteiger partial charge in [0.25, 0.3) is 5.91 Å². The van der Waals surface area contributed by atoms with E-state index >= 15 is 0 Å². The van der Waals surface area contributed by atoms with Crippen molar-refractivity contribution in [3.8, 4) is 0 Å². The maximum Gasteiger partial charge on any atom is 0.255 e. The van der Waals surface area contributed by atoms with Crippen molar-refractivity contribution in [2.75, 3.05) is 16.8 Å². The molecule has 1 heterocycles. The zero-order chi connectivity index (χ0) is 19.9. The molecule has 1 N–H and O–H groups in total. The molecule has 0 atom stereocenters. The summed E-state index contributed by atoms with van der Waals surface area (Å²) in [4.78, 5) is 30.5. The Hall–Kier alpha value is -3.47. The monoisotopic (exact) mass is 373 g/mol. The Morgan fingerprint density at radius 2 is 1.68 bits per heavy atom. The minimum Gasteiger partial charge on any atom is -0.353 e. The number of amides is 1. The molecule has 1 amide bonds. The van der Waals surface area contributed by atoms with Crippen LogP contribution in [0.2, 0.25) is 0 Å². The summed E-state index contributed by atoms with van der Waals surface area (Å²) in [5.41, 5.74) is 2.98. The fourth-order valence-corrected chi connectivity index (χ4v) is 2.88. The molecule has 5 heteroatoms. The molecule has 0 radical (unpaired) electrons. The van der Waals surface area contributed by atoms with E-state index in [4.69, 9.17) is 0 Å². The highest BCUT2D eigenvalue weighted by molar-refractivity contribution is 6.05. The van der Waals surface area contributed by atoms with Gasteiger partial charge >= 0.3 is 0 Å². The van der Waals surface area contributed by atoms with E-state index in [0.717, 1.165) is 18.9 Å². The van der Waals surface area contributed by atoms with E-state index in [9.17, 15) is 9.59 Å². The van der Waals surface area contributed by atoms with Crippen LogP contribution in [0, 0.1) is 0 Å². The first-order valence-electron chi connectivity index (χ1n) is 9.24. The predicted molar refractivity (Wildman–Crippen MR) is 112 cm³/mol. The molecular formula is C23H23N3O2. The topological polar surface area (TPSA) is 62.3 Å². The number of anilines is 2. The number of Topliss-reactive ketones (excluding diaryl/α,β-unsaturated/α-hetero) is 1.